The van der Waals surface area contributed by atoms with E-state index in [1.54, 1.807) is 6.07 Å². The fraction of sp³-hybridized carbons (Fsp3) is 0.0556. The van der Waals surface area contributed by atoms with Crippen LogP contribution < -0.4 is 5.43 Å². The molecule has 2 heteroatoms. The normalized spacial score (nSPS) is 12.1. The standard InChI is InChI=1S/C18H14O2/c1-2-3-4-7-13-10-11-17-15(12-13)18(19)14-8-5-6-9-16(14)20-17/h2-12H,1H3/b3-2-,7-4-. The maximum Gasteiger partial charge on any atom is 0.200 e. The van der Waals surface area contributed by atoms with Gasteiger partial charge in [0.15, 0.2) is 0 Å². The van der Waals surface area contributed by atoms with Crippen molar-refractivity contribution in [1.82, 2.24) is 0 Å². The molecule has 0 spiro atoms. The molecule has 98 valence electrons. The van der Waals surface area contributed by atoms with Gasteiger partial charge in [-0.1, -0.05) is 42.5 Å². The van der Waals surface area contributed by atoms with Gasteiger partial charge in [-0.15, -0.1) is 0 Å². The van der Waals surface area contributed by atoms with Crippen LogP contribution in [0.3, 0.4) is 0 Å². The molecular weight excluding hydrogens is 248 g/mol. The third-order valence-electron chi connectivity index (χ3n) is 3.19. The predicted molar refractivity (Wildman–Crippen MR) is 83.8 cm³/mol. The van der Waals surface area contributed by atoms with Crippen molar-refractivity contribution in [2.45, 2.75) is 6.92 Å². The summed E-state index contributed by atoms with van der Waals surface area (Å²) >= 11 is 0. The predicted octanol–water partition coefficient (Wildman–Crippen LogP) is 4.54. The van der Waals surface area contributed by atoms with Gasteiger partial charge in [0.25, 0.3) is 0 Å². The molecule has 1 aromatic heterocycles. The second-order valence-electron chi connectivity index (χ2n) is 4.57. The first-order chi connectivity index (χ1) is 9.79. The first kappa shape index (κ1) is 12.4. The third-order valence-corrected chi connectivity index (χ3v) is 3.19. The van der Waals surface area contributed by atoms with E-state index in [9.17, 15) is 4.79 Å². The van der Waals surface area contributed by atoms with E-state index in [0.29, 0.717) is 21.9 Å². The summed E-state index contributed by atoms with van der Waals surface area (Å²) in [5.74, 6) is 0. The van der Waals surface area contributed by atoms with Gasteiger partial charge in [0.1, 0.15) is 11.2 Å². The molecule has 0 unspecified atom stereocenters. The fourth-order valence-electron chi connectivity index (χ4n) is 2.20. The van der Waals surface area contributed by atoms with Crippen LogP contribution >= 0.6 is 0 Å². The van der Waals surface area contributed by atoms with Crippen LogP contribution in [0.25, 0.3) is 28.0 Å². The summed E-state index contributed by atoms with van der Waals surface area (Å²) in [6.45, 7) is 1.96. The molecule has 3 rings (SSSR count). The first-order valence-electron chi connectivity index (χ1n) is 6.54. The van der Waals surface area contributed by atoms with E-state index in [1.807, 2.05) is 67.6 Å². The molecular formula is C18H14O2. The van der Waals surface area contributed by atoms with Gasteiger partial charge in [-0.3, -0.25) is 4.79 Å². The molecule has 0 N–H and O–H groups in total. The molecule has 0 atom stereocenters. The maximum atomic E-state index is 12.5. The minimum Gasteiger partial charge on any atom is -0.456 e. The van der Waals surface area contributed by atoms with E-state index in [4.69, 9.17) is 4.42 Å². The highest BCUT2D eigenvalue weighted by molar-refractivity contribution is 5.90. The van der Waals surface area contributed by atoms with Crippen molar-refractivity contribution in [3.05, 3.63) is 76.5 Å². The van der Waals surface area contributed by atoms with E-state index in [-0.39, 0.29) is 5.43 Å². The monoisotopic (exact) mass is 262 g/mol. The zero-order chi connectivity index (χ0) is 13.9. The van der Waals surface area contributed by atoms with E-state index >= 15 is 0 Å². The van der Waals surface area contributed by atoms with Crippen LogP contribution in [-0.2, 0) is 0 Å². The largest absolute Gasteiger partial charge is 0.456 e. The molecule has 0 aliphatic heterocycles. The molecule has 0 bridgehead atoms. The van der Waals surface area contributed by atoms with Gasteiger partial charge in [-0.05, 0) is 36.8 Å². The highest BCUT2D eigenvalue weighted by atomic mass is 16.3. The van der Waals surface area contributed by atoms with E-state index < -0.39 is 0 Å². The molecule has 3 aromatic rings. The minimum atomic E-state index is 0.0168. The summed E-state index contributed by atoms with van der Waals surface area (Å²) in [5, 5.41) is 1.24. The van der Waals surface area contributed by atoms with Crippen LogP contribution in [0.5, 0.6) is 0 Å². The summed E-state index contributed by atoms with van der Waals surface area (Å²) < 4.78 is 5.77. The molecule has 0 radical (unpaired) electrons. The lowest BCUT2D eigenvalue weighted by atomic mass is 10.1. The number of benzene rings is 2. The molecule has 0 amide bonds. The summed E-state index contributed by atoms with van der Waals surface area (Å²) in [6, 6.07) is 13.0. The number of hydrogen-bond acceptors (Lipinski definition) is 2. The van der Waals surface area contributed by atoms with Gasteiger partial charge in [0.05, 0.1) is 10.8 Å². The van der Waals surface area contributed by atoms with Crippen molar-refractivity contribution >= 4 is 28.0 Å². The Balaban J connectivity index is 2.26. The van der Waals surface area contributed by atoms with Crippen LogP contribution in [0, 0.1) is 0 Å². The Bertz CT molecular complexity index is 883. The summed E-state index contributed by atoms with van der Waals surface area (Å²) in [5.41, 5.74) is 2.25. The summed E-state index contributed by atoms with van der Waals surface area (Å²) in [6.07, 6.45) is 7.82. The third kappa shape index (κ3) is 2.16. The Kier molecular flexibility index (Phi) is 3.21. The smallest absolute Gasteiger partial charge is 0.200 e. The van der Waals surface area contributed by atoms with Crippen molar-refractivity contribution < 1.29 is 4.42 Å². The SMILES string of the molecule is C/C=C\C=C/c1ccc2oc3ccccc3c(=O)c2c1. The number of para-hydroxylation sites is 1. The molecule has 1 heterocycles. The Morgan fingerprint density at radius 1 is 0.950 bits per heavy atom. The molecule has 0 fully saturated rings. The fourth-order valence-corrected chi connectivity index (χ4v) is 2.20. The molecule has 0 saturated heterocycles. The number of fused-ring (bicyclic) bond motifs is 2. The minimum absolute atomic E-state index is 0.0168. The second kappa shape index (κ2) is 5.17. The van der Waals surface area contributed by atoms with Crippen molar-refractivity contribution in [3.63, 3.8) is 0 Å². The van der Waals surface area contributed by atoms with Gasteiger partial charge >= 0.3 is 0 Å². The summed E-state index contributed by atoms with van der Waals surface area (Å²) in [4.78, 5) is 12.5. The average Bonchev–Trinajstić information content (AvgIpc) is 2.48. The van der Waals surface area contributed by atoms with Crippen molar-refractivity contribution in [2.24, 2.45) is 0 Å². The van der Waals surface area contributed by atoms with E-state index in [1.165, 1.54) is 0 Å². The Morgan fingerprint density at radius 3 is 2.60 bits per heavy atom. The lowest BCUT2D eigenvalue weighted by molar-refractivity contribution is 0.660. The Labute approximate surface area is 116 Å². The average molecular weight is 262 g/mol. The second-order valence-corrected chi connectivity index (χ2v) is 4.57. The zero-order valence-corrected chi connectivity index (χ0v) is 11.2. The van der Waals surface area contributed by atoms with Crippen LogP contribution in [0.2, 0.25) is 0 Å². The van der Waals surface area contributed by atoms with Gasteiger partial charge in [0, 0.05) is 0 Å². The molecule has 0 aliphatic rings. The number of hydrogen-bond donors (Lipinski definition) is 0. The van der Waals surface area contributed by atoms with Crippen molar-refractivity contribution in [3.8, 4) is 0 Å². The van der Waals surface area contributed by atoms with Crippen LogP contribution in [0.1, 0.15) is 12.5 Å². The van der Waals surface area contributed by atoms with Crippen LogP contribution in [0.15, 0.2) is 69.9 Å². The van der Waals surface area contributed by atoms with Crippen LogP contribution in [-0.4, -0.2) is 0 Å². The molecule has 2 aromatic carbocycles. The van der Waals surface area contributed by atoms with E-state index in [2.05, 4.69) is 0 Å². The molecule has 2 nitrogen and oxygen atoms in total. The lowest BCUT2D eigenvalue weighted by Gasteiger charge is -2.02. The molecule has 0 aliphatic carbocycles. The van der Waals surface area contributed by atoms with Crippen LogP contribution in [0.4, 0.5) is 0 Å². The van der Waals surface area contributed by atoms with Crippen molar-refractivity contribution in [1.29, 1.82) is 0 Å². The quantitative estimate of drug-likeness (QED) is 0.501. The lowest BCUT2D eigenvalue weighted by Crippen LogP contribution is -2.01. The van der Waals surface area contributed by atoms with Gasteiger partial charge in [-0.2, -0.15) is 0 Å². The van der Waals surface area contributed by atoms with Gasteiger partial charge < -0.3 is 4.42 Å². The van der Waals surface area contributed by atoms with E-state index in [0.717, 1.165) is 5.56 Å². The Hall–Kier alpha value is -2.61. The highest BCUT2D eigenvalue weighted by Crippen LogP contribution is 2.19. The summed E-state index contributed by atoms with van der Waals surface area (Å²) in [7, 11) is 0. The topological polar surface area (TPSA) is 30.2 Å². The van der Waals surface area contributed by atoms with Gasteiger partial charge in [-0.25, -0.2) is 0 Å². The molecule has 0 saturated carbocycles. The zero-order valence-electron chi connectivity index (χ0n) is 11.2. The Morgan fingerprint density at radius 2 is 1.75 bits per heavy atom. The van der Waals surface area contributed by atoms with Gasteiger partial charge in [0.2, 0.25) is 5.43 Å². The highest BCUT2D eigenvalue weighted by Gasteiger charge is 2.06. The maximum absolute atomic E-state index is 12.5. The number of allylic oxidation sites excluding steroid dienone is 3. The molecule has 20 heavy (non-hydrogen) atoms. The van der Waals surface area contributed by atoms with Crippen molar-refractivity contribution in [2.75, 3.05) is 0 Å². The first-order valence-corrected chi connectivity index (χ1v) is 6.54. The number of rotatable bonds is 2.